The fourth-order valence-corrected chi connectivity index (χ4v) is 3.18. The molecule has 1 amide bonds. The number of aliphatic hydroxyl groups is 1. The van der Waals surface area contributed by atoms with E-state index in [1.54, 1.807) is 0 Å². The molecule has 3 nitrogen and oxygen atoms in total. The summed E-state index contributed by atoms with van der Waals surface area (Å²) in [4.78, 5) is 14.2. The summed E-state index contributed by atoms with van der Waals surface area (Å²) in [5, 5.41) is 9.11. The number of amides is 1. The normalized spacial score (nSPS) is 26.0. The van der Waals surface area contributed by atoms with Crippen molar-refractivity contribution in [1.29, 1.82) is 0 Å². The lowest BCUT2D eigenvalue weighted by atomic mass is 9.97. The van der Waals surface area contributed by atoms with Crippen LogP contribution < -0.4 is 0 Å². The topological polar surface area (TPSA) is 40.5 Å². The smallest absolute Gasteiger partial charge is 0.226 e. The van der Waals surface area contributed by atoms with Gasteiger partial charge < -0.3 is 10.0 Å². The molecule has 1 aliphatic carbocycles. The molecular weight excluding hydrogens is 276 g/mol. The molecule has 5 heteroatoms. The van der Waals surface area contributed by atoms with Crippen LogP contribution in [0.4, 0.5) is 8.78 Å². The molecule has 1 saturated heterocycles. The van der Waals surface area contributed by atoms with Crippen molar-refractivity contribution in [2.24, 2.45) is 11.8 Å². The molecule has 1 aromatic carbocycles. The standard InChI is InChI=1S/C16H19F2NO2/c17-11-1-2-12(15(18)7-11)13-8-14(13)16(21)19-5-3-10(9-20)4-6-19/h1-2,7,10,13-14,20H,3-6,8-9H2. The minimum atomic E-state index is -0.592. The maximum absolute atomic E-state index is 13.7. The molecule has 114 valence electrons. The Kier molecular flexibility index (Phi) is 3.93. The van der Waals surface area contributed by atoms with Crippen molar-refractivity contribution in [1.82, 2.24) is 4.90 Å². The van der Waals surface area contributed by atoms with Crippen molar-refractivity contribution < 1.29 is 18.7 Å². The van der Waals surface area contributed by atoms with Crippen molar-refractivity contribution in [2.45, 2.75) is 25.2 Å². The monoisotopic (exact) mass is 295 g/mol. The zero-order valence-electron chi connectivity index (χ0n) is 11.8. The van der Waals surface area contributed by atoms with Gasteiger partial charge in [-0.15, -0.1) is 0 Å². The molecule has 0 spiro atoms. The molecule has 3 rings (SSSR count). The molecule has 1 N–H and O–H groups in total. The molecule has 0 bridgehead atoms. The number of halogens is 2. The van der Waals surface area contributed by atoms with E-state index in [2.05, 4.69) is 0 Å². The molecule has 1 saturated carbocycles. The van der Waals surface area contributed by atoms with Gasteiger partial charge in [0.2, 0.25) is 5.91 Å². The summed E-state index contributed by atoms with van der Waals surface area (Å²) >= 11 is 0. The zero-order chi connectivity index (χ0) is 15.0. The molecule has 21 heavy (non-hydrogen) atoms. The van der Waals surface area contributed by atoms with Gasteiger partial charge in [0.1, 0.15) is 11.6 Å². The first-order valence-electron chi connectivity index (χ1n) is 7.44. The highest BCUT2D eigenvalue weighted by molar-refractivity contribution is 5.83. The summed E-state index contributed by atoms with van der Waals surface area (Å²) in [6, 6.07) is 3.56. The first-order valence-corrected chi connectivity index (χ1v) is 7.44. The van der Waals surface area contributed by atoms with Gasteiger partial charge in [-0.05, 0) is 42.7 Å². The van der Waals surface area contributed by atoms with E-state index in [-0.39, 0.29) is 24.3 Å². The highest BCUT2D eigenvalue weighted by Gasteiger charge is 2.47. The van der Waals surface area contributed by atoms with Gasteiger partial charge in [0, 0.05) is 31.7 Å². The van der Waals surface area contributed by atoms with Crippen molar-refractivity contribution in [2.75, 3.05) is 19.7 Å². The van der Waals surface area contributed by atoms with E-state index in [1.165, 1.54) is 12.1 Å². The summed E-state index contributed by atoms with van der Waals surface area (Å²) < 4.78 is 26.6. The third-order valence-corrected chi connectivity index (χ3v) is 4.65. The van der Waals surface area contributed by atoms with E-state index in [4.69, 9.17) is 5.11 Å². The SMILES string of the molecule is O=C(C1CC1c1ccc(F)cc1F)N1CCC(CO)CC1. The van der Waals surface area contributed by atoms with E-state index in [9.17, 15) is 13.6 Å². The first-order chi connectivity index (χ1) is 10.1. The van der Waals surface area contributed by atoms with Gasteiger partial charge in [0.25, 0.3) is 0 Å². The fourth-order valence-electron chi connectivity index (χ4n) is 3.18. The Labute approximate surface area is 122 Å². The second-order valence-corrected chi connectivity index (χ2v) is 6.07. The number of hydrogen-bond donors (Lipinski definition) is 1. The summed E-state index contributed by atoms with van der Waals surface area (Å²) in [5.74, 6) is -1.08. The van der Waals surface area contributed by atoms with Crippen LogP contribution in [-0.4, -0.2) is 35.6 Å². The third-order valence-electron chi connectivity index (χ3n) is 4.65. The molecular formula is C16H19F2NO2. The minimum Gasteiger partial charge on any atom is -0.396 e. The summed E-state index contributed by atoms with van der Waals surface area (Å²) in [6.07, 6.45) is 2.29. The third kappa shape index (κ3) is 2.93. The van der Waals surface area contributed by atoms with Crippen molar-refractivity contribution >= 4 is 5.91 Å². The molecule has 2 aliphatic rings. The number of carbonyl (C=O) groups excluding carboxylic acids is 1. The number of nitrogens with zero attached hydrogens (tertiary/aromatic N) is 1. The number of benzene rings is 1. The summed E-state index contributed by atoms with van der Waals surface area (Å²) in [5.41, 5.74) is 0.444. The Morgan fingerprint density at radius 2 is 2.00 bits per heavy atom. The minimum absolute atomic E-state index is 0.0696. The second-order valence-electron chi connectivity index (χ2n) is 6.07. The van der Waals surface area contributed by atoms with E-state index >= 15 is 0 Å². The number of rotatable bonds is 3. The van der Waals surface area contributed by atoms with Crippen molar-refractivity contribution in [3.63, 3.8) is 0 Å². The van der Waals surface area contributed by atoms with Gasteiger partial charge >= 0.3 is 0 Å². The maximum Gasteiger partial charge on any atom is 0.226 e. The molecule has 0 aromatic heterocycles. The predicted octanol–water partition coefficient (Wildman–Crippen LogP) is 2.30. The van der Waals surface area contributed by atoms with Crippen LogP contribution in [0.15, 0.2) is 18.2 Å². The summed E-state index contributed by atoms with van der Waals surface area (Å²) in [7, 11) is 0. The number of carbonyl (C=O) groups is 1. The Balaban J connectivity index is 1.61. The van der Waals surface area contributed by atoms with Gasteiger partial charge in [0.05, 0.1) is 0 Å². The van der Waals surface area contributed by atoms with Crippen molar-refractivity contribution in [3.05, 3.63) is 35.4 Å². The quantitative estimate of drug-likeness (QED) is 0.929. The number of aliphatic hydroxyl groups excluding tert-OH is 1. The largest absolute Gasteiger partial charge is 0.396 e. The zero-order valence-corrected chi connectivity index (χ0v) is 11.8. The average molecular weight is 295 g/mol. The lowest BCUT2D eigenvalue weighted by molar-refractivity contribution is -0.134. The van der Waals surface area contributed by atoms with E-state index in [1.807, 2.05) is 4.90 Å². The van der Waals surface area contributed by atoms with E-state index < -0.39 is 11.6 Å². The number of likely N-dealkylation sites (tertiary alicyclic amines) is 1. The molecule has 1 heterocycles. The lowest BCUT2D eigenvalue weighted by Crippen LogP contribution is -2.40. The van der Waals surface area contributed by atoms with E-state index in [0.717, 1.165) is 18.9 Å². The van der Waals surface area contributed by atoms with Crippen LogP contribution in [0.3, 0.4) is 0 Å². The van der Waals surface area contributed by atoms with E-state index in [0.29, 0.717) is 31.0 Å². The Bertz CT molecular complexity index is 541. The summed E-state index contributed by atoms with van der Waals surface area (Å²) in [6.45, 7) is 1.51. The Morgan fingerprint density at radius 1 is 1.29 bits per heavy atom. The van der Waals surface area contributed by atoms with Gasteiger partial charge in [-0.1, -0.05) is 6.07 Å². The van der Waals surface area contributed by atoms with Gasteiger partial charge in [-0.3, -0.25) is 4.79 Å². The average Bonchev–Trinajstić information content (AvgIpc) is 3.27. The van der Waals surface area contributed by atoms with Crippen LogP contribution in [0, 0.1) is 23.5 Å². The Morgan fingerprint density at radius 3 is 2.62 bits per heavy atom. The molecule has 1 aromatic rings. The van der Waals surface area contributed by atoms with Gasteiger partial charge in [-0.2, -0.15) is 0 Å². The van der Waals surface area contributed by atoms with Gasteiger partial charge in [0.15, 0.2) is 0 Å². The molecule has 2 unspecified atom stereocenters. The highest BCUT2D eigenvalue weighted by Crippen LogP contribution is 2.49. The van der Waals surface area contributed by atoms with Crippen LogP contribution in [0.1, 0.15) is 30.7 Å². The predicted molar refractivity (Wildman–Crippen MR) is 73.6 cm³/mol. The van der Waals surface area contributed by atoms with Crippen LogP contribution in [-0.2, 0) is 4.79 Å². The van der Waals surface area contributed by atoms with Crippen LogP contribution in [0.5, 0.6) is 0 Å². The second kappa shape index (κ2) is 5.72. The molecule has 2 atom stereocenters. The number of hydrogen-bond acceptors (Lipinski definition) is 2. The Hall–Kier alpha value is -1.49. The maximum atomic E-state index is 13.7. The fraction of sp³-hybridized carbons (Fsp3) is 0.562. The van der Waals surface area contributed by atoms with Crippen LogP contribution in [0.2, 0.25) is 0 Å². The first kappa shape index (κ1) is 14.4. The molecule has 2 fully saturated rings. The van der Waals surface area contributed by atoms with Crippen LogP contribution >= 0.6 is 0 Å². The molecule has 1 aliphatic heterocycles. The highest BCUT2D eigenvalue weighted by atomic mass is 19.1. The molecule has 0 radical (unpaired) electrons. The lowest BCUT2D eigenvalue weighted by Gasteiger charge is -2.31. The number of piperidine rings is 1. The van der Waals surface area contributed by atoms with Gasteiger partial charge in [-0.25, -0.2) is 8.78 Å². The van der Waals surface area contributed by atoms with Crippen LogP contribution in [0.25, 0.3) is 0 Å². The van der Waals surface area contributed by atoms with Crippen molar-refractivity contribution in [3.8, 4) is 0 Å².